The maximum absolute atomic E-state index is 12.6. The summed E-state index contributed by atoms with van der Waals surface area (Å²) in [4.78, 5) is 22.0. The van der Waals surface area contributed by atoms with Crippen molar-refractivity contribution in [3.05, 3.63) is 58.8 Å². The first-order valence-electron chi connectivity index (χ1n) is 12.1. The number of carbonyl (C=O) groups is 1. The van der Waals surface area contributed by atoms with Crippen LogP contribution < -0.4 is 10.2 Å². The van der Waals surface area contributed by atoms with Crippen LogP contribution in [-0.4, -0.2) is 61.2 Å². The SMILES string of the molecule is COC1CC(N2CCc3ccc(CNC(=O)c4ccc(N5CCCC5)nc4)cc3CC2)C1. The van der Waals surface area contributed by atoms with E-state index in [1.165, 1.54) is 24.0 Å². The molecule has 32 heavy (non-hydrogen) atoms. The summed E-state index contributed by atoms with van der Waals surface area (Å²) >= 11 is 0. The molecule has 2 fully saturated rings. The Kier molecular flexibility index (Phi) is 6.42. The van der Waals surface area contributed by atoms with Crippen molar-refractivity contribution in [2.45, 2.75) is 57.2 Å². The van der Waals surface area contributed by atoms with Crippen LogP contribution in [0.15, 0.2) is 36.5 Å². The predicted octanol–water partition coefficient (Wildman–Crippen LogP) is 3.19. The molecule has 0 bridgehead atoms. The molecule has 2 aliphatic heterocycles. The summed E-state index contributed by atoms with van der Waals surface area (Å²) in [6, 6.07) is 11.2. The normalized spacial score (nSPS) is 23.3. The molecule has 0 unspecified atom stereocenters. The first-order valence-corrected chi connectivity index (χ1v) is 12.1. The van der Waals surface area contributed by atoms with Crippen LogP contribution in [0.1, 0.15) is 52.7 Å². The van der Waals surface area contributed by atoms with Gasteiger partial charge in [0.15, 0.2) is 0 Å². The zero-order valence-corrected chi connectivity index (χ0v) is 19.1. The van der Waals surface area contributed by atoms with E-state index in [1.807, 2.05) is 19.2 Å². The second-order valence-electron chi connectivity index (χ2n) is 9.40. The highest BCUT2D eigenvalue weighted by Gasteiger charge is 2.34. The van der Waals surface area contributed by atoms with Gasteiger partial charge in [0.2, 0.25) is 0 Å². The average Bonchev–Trinajstić information content (AvgIpc) is 3.26. The monoisotopic (exact) mass is 434 g/mol. The molecule has 170 valence electrons. The molecule has 3 heterocycles. The lowest BCUT2D eigenvalue weighted by Crippen LogP contribution is -2.48. The number of benzene rings is 1. The lowest BCUT2D eigenvalue weighted by molar-refractivity contribution is -0.0258. The van der Waals surface area contributed by atoms with Crippen LogP contribution in [-0.2, 0) is 24.1 Å². The van der Waals surface area contributed by atoms with Gasteiger partial charge in [-0.2, -0.15) is 0 Å². The van der Waals surface area contributed by atoms with Crippen LogP contribution in [0.3, 0.4) is 0 Å². The predicted molar refractivity (Wildman–Crippen MR) is 126 cm³/mol. The van der Waals surface area contributed by atoms with Gasteiger partial charge in [-0.25, -0.2) is 4.98 Å². The average molecular weight is 435 g/mol. The van der Waals surface area contributed by atoms with E-state index in [2.05, 4.69) is 38.3 Å². The number of rotatable bonds is 6. The number of hydrogen-bond donors (Lipinski definition) is 1. The van der Waals surface area contributed by atoms with Crippen molar-refractivity contribution in [2.75, 3.05) is 38.2 Å². The quantitative estimate of drug-likeness (QED) is 0.757. The minimum absolute atomic E-state index is 0.0655. The topological polar surface area (TPSA) is 57.7 Å². The minimum Gasteiger partial charge on any atom is -0.381 e. The minimum atomic E-state index is -0.0655. The second-order valence-corrected chi connectivity index (χ2v) is 9.40. The summed E-state index contributed by atoms with van der Waals surface area (Å²) in [5, 5.41) is 3.07. The van der Waals surface area contributed by atoms with Crippen molar-refractivity contribution < 1.29 is 9.53 Å². The molecule has 1 amide bonds. The number of anilines is 1. The van der Waals surface area contributed by atoms with Gasteiger partial charge in [-0.3, -0.25) is 9.69 Å². The molecule has 1 aromatic carbocycles. The molecular formula is C26H34N4O2. The number of carbonyl (C=O) groups excluding carboxylic acids is 1. The van der Waals surface area contributed by atoms with Crippen LogP contribution in [0.2, 0.25) is 0 Å². The van der Waals surface area contributed by atoms with E-state index < -0.39 is 0 Å². The van der Waals surface area contributed by atoms with Gasteiger partial charge in [0.1, 0.15) is 5.82 Å². The Balaban J connectivity index is 1.15. The number of hydrogen-bond acceptors (Lipinski definition) is 5. The third-order valence-electron chi connectivity index (χ3n) is 7.42. The molecule has 1 aliphatic carbocycles. The maximum atomic E-state index is 12.6. The van der Waals surface area contributed by atoms with Crippen LogP contribution in [0, 0.1) is 0 Å². The lowest BCUT2D eigenvalue weighted by Gasteiger charge is -2.41. The van der Waals surface area contributed by atoms with E-state index in [9.17, 15) is 4.79 Å². The second kappa shape index (κ2) is 9.59. The number of pyridine rings is 1. The summed E-state index contributed by atoms with van der Waals surface area (Å²) < 4.78 is 5.46. The standard InChI is InChI=1S/C26H34N4O2/c1-32-24-15-23(16-24)29-12-8-20-5-4-19(14-21(20)9-13-29)17-28-26(31)22-6-7-25(27-18-22)30-10-2-3-11-30/h4-7,14,18,23-24H,2-3,8-13,15-17H2,1H3,(H,28,31). The van der Waals surface area contributed by atoms with Crippen molar-refractivity contribution in [3.63, 3.8) is 0 Å². The Morgan fingerprint density at radius 2 is 1.84 bits per heavy atom. The van der Waals surface area contributed by atoms with Gasteiger partial charge in [0.05, 0.1) is 11.7 Å². The highest BCUT2D eigenvalue weighted by Crippen LogP contribution is 2.30. The maximum Gasteiger partial charge on any atom is 0.253 e. The largest absolute Gasteiger partial charge is 0.381 e. The molecule has 2 aromatic rings. The molecule has 1 N–H and O–H groups in total. The number of methoxy groups -OCH3 is 1. The fraction of sp³-hybridized carbons (Fsp3) is 0.538. The van der Waals surface area contributed by atoms with Gasteiger partial charge in [-0.1, -0.05) is 18.2 Å². The van der Waals surface area contributed by atoms with Crippen molar-refractivity contribution in [1.29, 1.82) is 0 Å². The Morgan fingerprint density at radius 1 is 1.06 bits per heavy atom. The van der Waals surface area contributed by atoms with Gasteiger partial charge >= 0.3 is 0 Å². The summed E-state index contributed by atoms with van der Waals surface area (Å²) in [7, 11) is 1.82. The summed E-state index contributed by atoms with van der Waals surface area (Å²) in [6.07, 6.45) is 9.10. The third-order valence-corrected chi connectivity index (χ3v) is 7.42. The molecule has 5 rings (SSSR count). The first-order chi connectivity index (χ1) is 15.7. The zero-order valence-electron chi connectivity index (χ0n) is 19.1. The molecule has 3 aliphatic rings. The molecule has 1 saturated heterocycles. The summed E-state index contributed by atoms with van der Waals surface area (Å²) in [6.45, 7) is 4.90. The Hall–Kier alpha value is -2.44. The number of fused-ring (bicyclic) bond motifs is 1. The van der Waals surface area contributed by atoms with E-state index in [1.54, 1.807) is 6.20 Å². The molecular weight excluding hydrogens is 400 g/mol. The smallest absolute Gasteiger partial charge is 0.253 e. The summed E-state index contributed by atoms with van der Waals surface area (Å²) in [5.41, 5.74) is 4.66. The highest BCUT2D eigenvalue weighted by molar-refractivity contribution is 5.94. The van der Waals surface area contributed by atoms with Crippen molar-refractivity contribution in [2.24, 2.45) is 0 Å². The molecule has 0 atom stereocenters. The van der Waals surface area contributed by atoms with Crippen LogP contribution in [0.4, 0.5) is 5.82 Å². The van der Waals surface area contributed by atoms with Crippen LogP contribution in [0.25, 0.3) is 0 Å². The Morgan fingerprint density at radius 3 is 2.56 bits per heavy atom. The molecule has 0 spiro atoms. The van der Waals surface area contributed by atoms with Crippen molar-refractivity contribution >= 4 is 11.7 Å². The molecule has 1 saturated carbocycles. The Bertz CT molecular complexity index is 933. The third kappa shape index (κ3) is 4.66. The number of nitrogens with zero attached hydrogens (tertiary/aromatic N) is 3. The van der Waals surface area contributed by atoms with Crippen LogP contribution in [0.5, 0.6) is 0 Å². The van der Waals surface area contributed by atoms with Gasteiger partial charge in [-0.05, 0) is 67.3 Å². The number of ether oxygens (including phenoxy) is 1. The number of amides is 1. The number of aromatic nitrogens is 1. The summed E-state index contributed by atoms with van der Waals surface area (Å²) in [5.74, 6) is 0.905. The van der Waals surface area contributed by atoms with E-state index in [0.717, 1.165) is 63.2 Å². The molecule has 1 aromatic heterocycles. The Labute approximate surface area is 191 Å². The van der Waals surface area contributed by atoms with Crippen molar-refractivity contribution in [1.82, 2.24) is 15.2 Å². The highest BCUT2D eigenvalue weighted by atomic mass is 16.5. The fourth-order valence-electron chi connectivity index (χ4n) is 5.24. The van der Waals surface area contributed by atoms with E-state index in [-0.39, 0.29) is 5.91 Å². The molecule has 6 heteroatoms. The first kappa shape index (κ1) is 21.4. The van der Waals surface area contributed by atoms with E-state index in [4.69, 9.17) is 4.74 Å². The van der Waals surface area contributed by atoms with Crippen molar-refractivity contribution in [3.8, 4) is 0 Å². The van der Waals surface area contributed by atoms with Crippen LogP contribution >= 0.6 is 0 Å². The molecule has 6 nitrogen and oxygen atoms in total. The molecule has 0 radical (unpaired) electrons. The van der Waals surface area contributed by atoms with Gasteiger partial charge < -0.3 is 15.0 Å². The van der Waals surface area contributed by atoms with Gasteiger partial charge in [0, 0.05) is 52.1 Å². The lowest BCUT2D eigenvalue weighted by atomic mass is 9.87. The van der Waals surface area contributed by atoms with Gasteiger partial charge in [-0.15, -0.1) is 0 Å². The zero-order chi connectivity index (χ0) is 21.9. The fourth-order valence-corrected chi connectivity index (χ4v) is 5.24. The van der Waals surface area contributed by atoms with Gasteiger partial charge in [0.25, 0.3) is 5.91 Å². The number of nitrogens with one attached hydrogen (secondary N) is 1. The van der Waals surface area contributed by atoms with E-state index in [0.29, 0.717) is 24.3 Å². The van der Waals surface area contributed by atoms with E-state index >= 15 is 0 Å².